The van der Waals surface area contributed by atoms with Crippen LogP contribution >= 0.6 is 31.4 Å². The monoisotopic (exact) mass is 152 g/mol. The SMILES string of the molecule is CC1(C)CSSS1. The van der Waals surface area contributed by atoms with E-state index in [0.717, 1.165) is 0 Å². The summed E-state index contributed by atoms with van der Waals surface area (Å²) in [7, 11) is 5.85. The van der Waals surface area contributed by atoms with Gasteiger partial charge < -0.3 is 0 Å². The summed E-state index contributed by atoms with van der Waals surface area (Å²) >= 11 is 0. The van der Waals surface area contributed by atoms with Gasteiger partial charge in [0.25, 0.3) is 0 Å². The van der Waals surface area contributed by atoms with Crippen molar-refractivity contribution in [3.05, 3.63) is 0 Å². The molecule has 0 saturated carbocycles. The molecular formula is C4H8S3. The van der Waals surface area contributed by atoms with Crippen molar-refractivity contribution in [3.8, 4) is 0 Å². The van der Waals surface area contributed by atoms with Gasteiger partial charge in [-0.3, -0.25) is 0 Å². The minimum absolute atomic E-state index is 0.537. The fourth-order valence-electron chi connectivity index (χ4n) is 0.306. The Bertz CT molecular complexity index is 61.3. The summed E-state index contributed by atoms with van der Waals surface area (Å²) < 4.78 is 0.537. The minimum atomic E-state index is 0.537. The van der Waals surface area contributed by atoms with Gasteiger partial charge in [0.15, 0.2) is 0 Å². The second kappa shape index (κ2) is 2.11. The lowest BCUT2D eigenvalue weighted by Gasteiger charge is -2.09. The second-order valence-corrected chi connectivity index (χ2v) is 6.95. The smallest absolute Gasteiger partial charge is 0.0314 e. The molecule has 0 radical (unpaired) electrons. The molecule has 0 atom stereocenters. The van der Waals surface area contributed by atoms with Crippen LogP contribution in [0.5, 0.6) is 0 Å². The largest absolute Gasteiger partial charge is 0.0811 e. The Morgan fingerprint density at radius 1 is 1.43 bits per heavy atom. The van der Waals surface area contributed by atoms with Gasteiger partial charge in [0, 0.05) is 10.5 Å². The Kier molecular flexibility index (Phi) is 1.86. The first-order chi connectivity index (χ1) is 3.21. The molecule has 1 rings (SSSR count). The van der Waals surface area contributed by atoms with Crippen molar-refractivity contribution in [1.82, 2.24) is 0 Å². The first-order valence-electron chi connectivity index (χ1n) is 2.18. The zero-order valence-corrected chi connectivity index (χ0v) is 6.88. The van der Waals surface area contributed by atoms with Gasteiger partial charge in [-0.1, -0.05) is 21.6 Å². The van der Waals surface area contributed by atoms with E-state index in [1.165, 1.54) is 5.75 Å². The summed E-state index contributed by atoms with van der Waals surface area (Å²) in [6.45, 7) is 4.56. The number of hydrogen-bond acceptors (Lipinski definition) is 3. The van der Waals surface area contributed by atoms with Gasteiger partial charge in [0.05, 0.1) is 0 Å². The molecule has 0 spiro atoms. The van der Waals surface area contributed by atoms with Gasteiger partial charge in [-0.25, -0.2) is 0 Å². The van der Waals surface area contributed by atoms with Crippen LogP contribution in [0.15, 0.2) is 0 Å². The first kappa shape index (κ1) is 6.17. The van der Waals surface area contributed by atoms with Crippen LogP contribution in [0, 0.1) is 0 Å². The highest BCUT2D eigenvalue weighted by Crippen LogP contribution is 2.52. The van der Waals surface area contributed by atoms with Crippen LogP contribution in [-0.4, -0.2) is 10.5 Å². The average molecular weight is 152 g/mol. The maximum absolute atomic E-state index is 2.28. The highest BCUT2D eigenvalue weighted by Gasteiger charge is 2.24. The molecule has 0 aromatic carbocycles. The van der Waals surface area contributed by atoms with E-state index < -0.39 is 0 Å². The average Bonchev–Trinajstić information content (AvgIpc) is 1.84. The van der Waals surface area contributed by atoms with Gasteiger partial charge in [-0.15, -0.1) is 0 Å². The molecule has 0 amide bonds. The van der Waals surface area contributed by atoms with E-state index >= 15 is 0 Å². The summed E-state index contributed by atoms with van der Waals surface area (Å²) in [5.41, 5.74) is 0. The molecule has 1 fully saturated rings. The predicted molar refractivity (Wildman–Crippen MR) is 41.7 cm³/mol. The normalized spacial score (nSPS) is 28.3. The molecule has 1 aliphatic heterocycles. The topological polar surface area (TPSA) is 0 Å². The van der Waals surface area contributed by atoms with Crippen molar-refractivity contribution < 1.29 is 0 Å². The summed E-state index contributed by atoms with van der Waals surface area (Å²) in [4.78, 5) is 0. The van der Waals surface area contributed by atoms with Crippen LogP contribution in [0.2, 0.25) is 0 Å². The van der Waals surface area contributed by atoms with Crippen molar-refractivity contribution >= 4 is 31.4 Å². The molecule has 0 aromatic heterocycles. The van der Waals surface area contributed by atoms with Gasteiger partial charge in [0.2, 0.25) is 0 Å². The molecule has 0 aliphatic carbocycles. The quantitative estimate of drug-likeness (QED) is 0.490. The number of rotatable bonds is 0. The molecule has 1 heterocycles. The van der Waals surface area contributed by atoms with E-state index in [0.29, 0.717) is 4.75 Å². The second-order valence-electron chi connectivity index (χ2n) is 2.17. The summed E-state index contributed by atoms with van der Waals surface area (Å²) in [5.74, 6) is 1.29. The third-order valence-corrected chi connectivity index (χ3v) is 6.17. The summed E-state index contributed by atoms with van der Waals surface area (Å²) in [5, 5.41) is 0. The van der Waals surface area contributed by atoms with Crippen LogP contribution in [0.25, 0.3) is 0 Å². The highest BCUT2D eigenvalue weighted by molar-refractivity contribution is 9.11. The Morgan fingerprint density at radius 3 is 2.29 bits per heavy atom. The van der Waals surface area contributed by atoms with E-state index in [2.05, 4.69) is 13.8 Å². The maximum atomic E-state index is 2.28. The van der Waals surface area contributed by atoms with Gasteiger partial charge in [-0.05, 0) is 23.7 Å². The van der Waals surface area contributed by atoms with Gasteiger partial charge >= 0.3 is 0 Å². The lowest BCUT2D eigenvalue weighted by Crippen LogP contribution is -2.11. The first-order valence-corrected chi connectivity index (χ1v) is 5.83. The number of hydrogen-bond donors (Lipinski definition) is 0. The molecule has 0 aromatic rings. The molecular weight excluding hydrogens is 144 g/mol. The van der Waals surface area contributed by atoms with Crippen LogP contribution in [0.3, 0.4) is 0 Å². The van der Waals surface area contributed by atoms with Crippen LogP contribution < -0.4 is 0 Å². The van der Waals surface area contributed by atoms with E-state index in [4.69, 9.17) is 0 Å². The summed E-state index contributed by atoms with van der Waals surface area (Å²) in [6, 6.07) is 0. The Labute approximate surface area is 56.0 Å². The zero-order valence-electron chi connectivity index (χ0n) is 4.43. The lowest BCUT2D eigenvalue weighted by atomic mass is 10.2. The molecule has 1 aliphatic rings. The zero-order chi connectivity index (χ0) is 5.33. The third-order valence-electron chi connectivity index (χ3n) is 0.714. The van der Waals surface area contributed by atoms with E-state index in [-0.39, 0.29) is 0 Å². The molecule has 0 nitrogen and oxygen atoms in total. The third kappa shape index (κ3) is 1.78. The highest BCUT2D eigenvalue weighted by atomic mass is 33.5. The molecule has 0 unspecified atom stereocenters. The van der Waals surface area contributed by atoms with Crippen molar-refractivity contribution in [1.29, 1.82) is 0 Å². The molecule has 42 valence electrons. The van der Waals surface area contributed by atoms with Crippen molar-refractivity contribution in [2.45, 2.75) is 18.6 Å². The lowest BCUT2D eigenvalue weighted by molar-refractivity contribution is 0.828. The van der Waals surface area contributed by atoms with E-state index in [1.54, 1.807) is 0 Å². The fraction of sp³-hybridized carbons (Fsp3) is 1.00. The van der Waals surface area contributed by atoms with Crippen molar-refractivity contribution in [3.63, 3.8) is 0 Å². The van der Waals surface area contributed by atoms with E-state index in [9.17, 15) is 0 Å². The molecule has 1 saturated heterocycles. The van der Waals surface area contributed by atoms with Crippen molar-refractivity contribution in [2.75, 3.05) is 5.75 Å². The van der Waals surface area contributed by atoms with Crippen LogP contribution in [0.1, 0.15) is 13.8 Å². The maximum Gasteiger partial charge on any atom is 0.0314 e. The molecule has 0 N–H and O–H groups in total. The Hall–Kier alpha value is 1.05. The van der Waals surface area contributed by atoms with Crippen molar-refractivity contribution in [2.24, 2.45) is 0 Å². The fourth-order valence-corrected chi connectivity index (χ4v) is 6.15. The van der Waals surface area contributed by atoms with E-state index in [1.807, 2.05) is 31.4 Å². The van der Waals surface area contributed by atoms with Gasteiger partial charge in [-0.2, -0.15) is 0 Å². The molecule has 0 bridgehead atoms. The molecule has 7 heavy (non-hydrogen) atoms. The van der Waals surface area contributed by atoms with Gasteiger partial charge in [0.1, 0.15) is 0 Å². The summed E-state index contributed by atoms with van der Waals surface area (Å²) in [6.07, 6.45) is 0. The van der Waals surface area contributed by atoms with Crippen LogP contribution in [0.4, 0.5) is 0 Å². The Balaban J connectivity index is 2.40. The van der Waals surface area contributed by atoms with Crippen LogP contribution in [-0.2, 0) is 0 Å². The molecule has 3 heteroatoms. The predicted octanol–water partition coefficient (Wildman–Crippen LogP) is 2.81. The Morgan fingerprint density at radius 2 is 2.14 bits per heavy atom. The minimum Gasteiger partial charge on any atom is -0.0811 e. The standard InChI is InChI=1S/C4H8S3/c1-4(2)3-5-7-6-4/h3H2,1-2H3.